The van der Waals surface area contributed by atoms with E-state index in [0.717, 1.165) is 30.9 Å². The van der Waals surface area contributed by atoms with Crippen LogP contribution in [0.5, 0.6) is 0 Å². The molecule has 5 nitrogen and oxygen atoms in total. The predicted octanol–water partition coefficient (Wildman–Crippen LogP) is 1.08. The third-order valence-corrected chi connectivity index (χ3v) is 3.40. The van der Waals surface area contributed by atoms with E-state index in [1.807, 2.05) is 4.90 Å². The summed E-state index contributed by atoms with van der Waals surface area (Å²) in [6.07, 6.45) is 3.52. The molecule has 0 saturated carbocycles. The molecule has 0 aliphatic carbocycles. The van der Waals surface area contributed by atoms with Crippen molar-refractivity contribution >= 4 is 29.0 Å². The van der Waals surface area contributed by atoms with Crippen molar-refractivity contribution in [2.24, 2.45) is 0 Å². The first-order valence-corrected chi connectivity index (χ1v) is 5.63. The maximum Gasteiger partial charge on any atom is 0.249 e. The van der Waals surface area contributed by atoms with Crippen molar-refractivity contribution in [2.75, 3.05) is 23.4 Å². The Morgan fingerprint density at radius 3 is 3.19 bits per heavy atom. The lowest BCUT2D eigenvalue weighted by Crippen LogP contribution is -2.49. The minimum Gasteiger partial charge on any atom is -0.343 e. The van der Waals surface area contributed by atoms with Crippen molar-refractivity contribution in [3.63, 3.8) is 0 Å². The van der Waals surface area contributed by atoms with Gasteiger partial charge in [-0.25, -0.2) is 4.98 Å². The van der Waals surface area contributed by atoms with Crippen LogP contribution in [-0.2, 0) is 4.79 Å². The van der Waals surface area contributed by atoms with Crippen molar-refractivity contribution < 1.29 is 4.79 Å². The highest BCUT2D eigenvalue weighted by Crippen LogP contribution is 2.37. The summed E-state index contributed by atoms with van der Waals surface area (Å²) in [5.41, 5.74) is 0.743. The van der Waals surface area contributed by atoms with Gasteiger partial charge in [0.2, 0.25) is 11.2 Å². The maximum atomic E-state index is 12.1. The van der Waals surface area contributed by atoms with Crippen LogP contribution >= 0.6 is 11.6 Å². The van der Waals surface area contributed by atoms with Crippen LogP contribution < -0.4 is 9.80 Å². The van der Waals surface area contributed by atoms with Gasteiger partial charge in [0.25, 0.3) is 0 Å². The summed E-state index contributed by atoms with van der Waals surface area (Å²) >= 11 is 5.80. The van der Waals surface area contributed by atoms with Gasteiger partial charge in [0.15, 0.2) is 5.82 Å². The summed E-state index contributed by atoms with van der Waals surface area (Å²) in [5, 5.41) is 0.229. The summed E-state index contributed by atoms with van der Waals surface area (Å²) in [4.78, 5) is 23.9. The molecule has 3 rings (SSSR count). The normalized spacial score (nSPS) is 23.4. The van der Waals surface area contributed by atoms with Crippen LogP contribution in [0.3, 0.4) is 0 Å². The molecule has 0 bridgehead atoms. The molecule has 2 aliphatic rings. The quantitative estimate of drug-likeness (QED) is 0.635. The van der Waals surface area contributed by atoms with Crippen LogP contribution in [-0.4, -0.2) is 35.5 Å². The van der Waals surface area contributed by atoms with Crippen molar-refractivity contribution in [3.8, 4) is 0 Å². The number of hydrogen-bond donors (Lipinski definition) is 0. The van der Waals surface area contributed by atoms with E-state index in [1.165, 1.54) is 0 Å². The van der Waals surface area contributed by atoms with E-state index in [-0.39, 0.29) is 17.2 Å². The summed E-state index contributed by atoms with van der Waals surface area (Å²) in [5.74, 6) is 0.903. The molecule has 6 heteroatoms. The standard InChI is InChI=1S/C10H11ClN4O/c1-14-7-5-12-10(11)13-8(7)15-4-2-3-6(15)9(14)16/h5-6H,2-4H2,1H3. The highest BCUT2D eigenvalue weighted by atomic mass is 35.5. The molecule has 84 valence electrons. The number of fused-ring (bicyclic) bond motifs is 3. The van der Waals surface area contributed by atoms with Gasteiger partial charge in [0.05, 0.1) is 6.20 Å². The highest BCUT2D eigenvalue weighted by molar-refractivity contribution is 6.28. The molecule has 0 spiro atoms. The first-order valence-electron chi connectivity index (χ1n) is 5.25. The molecule has 0 aromatic carbocycles. The number of carbonyl (C=O) groups is 1. The fourth-order valence-corrected chi connectivity index (χ4v) is 2.54. The van der Waals surface area contributed by atoms with Crippen molar-refractivity contribution in [3.05, 3.63) is 11.5 Å². The first kappa shape index (κ1) is 9.84. The fraction of sp³-hybridized carbons (Fsp3) is 0.500. The Morgan fingerprint density at radius 1 is 1.56 bits per heavy atom. The number of nitrogens with zero attached hydrogens (tertiary/aromatic N) is 4. The lowest BCUT2D eigenvalue weighted by atomic mass is 10.1. The molecular weight excluding hydrogens is 228 g/mol. The van der Waals surface area contributed by atoms with E-state index in [2.05, 4.69) is 9.97 Å². The van der Waals surface area contributed by atoms with Gasteiger partial charge in [0.1, 0.15) is 11.7 Å². The summed E-state index contributed by atoms with van der Waals surface area (Å²) < 4.78 is 0. The summed E-state index contributed by atoms with van der Waals surface area (Å²) in [6, 6.07) is -0.0662. The van der Waals surface area contributed by atoms with Crippen molar-refractivity contribution in [2.45, 2.75) is 18.9 Å². The Labute approximate surface area is 98.0 Å². The Morgan fingerprint density at radius 2 is 2.38 bits per heavy atom. The van der Waals surface area contributed by atoms with E-state index in [4.69, 9.17) is 11.6 Å². The molecule has 1 amide bonds. The molecule has 1 aromatic heterocycles. The molecule has 2 aliphatic heterocycles. The van der Waals surface area contributed by atoms with Crippen LogP contribution in [0.15, 0.2) is 6.20 Å². The van der Waals surface area contributed by atoms with Gasteiger partial charge in [-0.1, -0.05) is 0 Å². The molecule has 1 aromatic rings. The highest BCUT2D eigenvalue weighted by Gasteiger charge is 2.40. The predicted molar refractivity (Wildman–Crippen MR) is 60.8 cm³/mol. The summed E-state index contributed by atoms with van der Waals surface area (Å²) in [6.45, 7) is 0.866. The molecule has 3 heterocycles. The molecule has 1 atom stereocenters. The lowest BCUT2D eigenvalue weighted by molar-refractivity contribution is -0.119. The third kappa shape index (κ3) is 1.21. The molecule has 1 fully saturated rings. The third-order valence-electron chi connectivity index (χ3n) is 3.22. The fourth-order valence-electron chi connectivity index (χ4n) is 2.41. The van der Waals surface area contributed by atoms with Crippen LogP contribution in [0.1, 0.15) is 12.8 Å². The van der Waals surface area contributed by atoms with Gasteiger partial charge < -0.3 is 9.80 Å². The van der Waals surface area contributed by atoms with E-state index in [0.29, 0.717) is 0 Å². The number of rotatable bonds is 0. The number of anilines is 2. The van der Waals surface area contributed by atoms with E-state index >= 15 is 0 Å². The molecule has 1 unspecified atom stereocenters. The number of likely N-dealkylation sites (N-methyl/N-ethyl adjacent to an activating group) is 1. The van der Waals surface area contributed by atoms with E-state index in [1.54, 1.807) is 18.1 Å². The first-order chi connectivity index (χ1) is 7.68. The molecule has 0 N–H and O–H groups in total. The number of halogens is 1. The second-order valence-electron chi connectivity index (χ2n) is 4.10. The van der Waals surface area contributed by atoms with Gasteiger partial charge in [0, 0.05) is 13.6 Å². The monoisotopic (exact) mass is 238 g/mol. The van der Waals surface area contributed by atoms with Crippen LogP contribution in [0.25, 0.3) is 0 Å². The van der Waals surface area contributed by atoms with E-state index < -0.39 is 0 Å². The van der Waals surface area contributed by atoms with Crippen molar-refractivity contribution in [1.82, 2.24) is 9.97 Å². The Balaban J connectivity index is 2.17. The number of hydrogen-bond acceptors (Lipinski definition) is 4. The minimum absolute atomic E-state index is 0.0662. The molecule has 1 saturated heterocycles. The number of aromatic nitrogens is 2. The average molecular weight is 239 g/mol. The van der Waals surface area contributed by atoms with Crippen LogP contribution in [0, 0.1) is 0 Å². The van der Waals surface area contributed by atoms with Gasteiger partial charge in [-0.05, 0) is 24.4 Å². The van der Waals surface area contributed by atoms with Crippen molar-refractivity contribution in [1.29, 1.82) is 0 Å². The zero-order valence-corrected chi connectivity index (χ0v) is 9.61. The maximum absolute atomic E-state index is 12.1. The Hall–Kier alpha value is -1.36. The Bertz CT molecular complexity index is 464. The second-order valence-corrected chi connectivity index (χ2v) is 4.43. The molecule has 16 heavy (non-hydrogen) atoms. The largest absolute Gasteiger partial charge is 0.343 e. The van der Waals surface area contributed by atoms with E-state index in [9.17, 15) is 4.79 Å². The van der Waals surface area contributed by atoms with Gasteiger partial charge in [-0.2, -0.15) is 4.98 Å². The zero-order chi connectivity index (χ0) is 11.3. The van der Waals surface area contributed by atoms with Crippen LogP contribution in [0.4, 0.5) is 11.5 Å². The molecule has 0 radical (unpaired) electrons. The number of carbonyl (C=O) groups excluding carboxylic acids is 1. The van der Waals surface area contributed by atoms with Gasteiger partial charge >= 0.3 is 0 Å². The summed E-state index contributed by atoms with van der Waals surface area (Å²) in [7, 11) is 1.76. The smallest absolute Gasteiger partial charge is 0.249 e. The van der Waals surface area contributed by atoms with Crippen LogP contribution in [0.2, 0.25) is 5.28 Å². The average Bonchev–Trinajstić information content (AvgIpc) is 2.75. The number of amides is 1. The Kier molecular flexibility index (Phi) is 2.04. The van der Waals surface area contributed by atoms with Gasteiger partial charge in [-0.15, -0.1) is 0 Å². The second kappa shape index (κ2) is 3.31. The lowest BCUT2D eigenvalue weighted by Gasteiger charge is -2.36. The molecular formula is C10H11ClN4O. The zero-order valence-electron chi connectivity index (χ0n) is 8.85. The minimum atomic E-state index is -0.0662. The van der Waals surface area contributed by atoms with Gasteiger partial charge in [-0.3, -0.25) is 4.79 Å². The topological polar surface area (TPSA) is 49.3 Å². The SMILES string of the molecule is CN1C(=O)C2CCCN2c2nc(Cl)ncc21.